The molecule has 10 N–H and O–H groups in total. The van der Waals surface area contributed by atoms with Crippen LogP contribution in [0.25, 0.3) is 0 Å². The molecule has 0 heterocycles. The Balaban J connectivity index is 1.11. The van der Waals surface area contributed by atoms with Gasteiger partial charge in [-0.2, -0.15) is 25.6 Å². The molecule has 0 aliphatic heterocycles. The predicted molar refractivity (Wildman–Crippen MR) is 377 cm³/mol. The Morgan fingerprint density at radius 2 is 0.413 bits per heavy atom. The van der Waals surface area contributed by atoms with E-state index in [1.54, 1.807) is 0 Å². The van der Waals surface area contributed by atoms with Gasteiger partial charge in [-0.15, -0.1) is 0 Å². The molecule has 0 amide bonds. The van der Waals surface area contributed by atoms with Crippen LogP contribution in [-0.2, 0) is 64.2 Å². The van der Waals surface area contributed by atoms with Crippen LogP contribution in [-0.4, -0.2) is 0 Å². The Morgan fingerprint density at radius 3 is 0.609 bits per heavy atom. The van der Waals surface area contributed by atoms with Crippen molar-refractivity contribution in [3.63, 3.8) is 0 Å². The zero-order valence-corrected chi connectivity index (χ0v) is 53.6. The molecule has 92 heavy (non-hydrogen) atoms. The monoisotopic (exact) mass is 1220 g/mol. The van der Waals surface area contributed by atoms with Crippen LogP contribution >= 0.6 is 0 Å². The summed E-state index contributed by atoms with van der Waals surface area (Å²) < 4.78 is 0. The van der Waals surface area contributed by atoms with Gasteiger partial charge in [-0.1, -0.05) is 41.5 Å². The fourth-order valence-electron chi connectivity index (χ4n) is 13.1. The molecule has 15 heteroatoms. The van der Waals surface area contributed by atoms with Gasteiger partial charge in [-0.25, -0.2) is 27.7 Å². The summed E-state index contributed by atoms with van der Waals surface area (Å²) in [6.07, 6.45) is 7.83. The maximum Gasteiger partial charge on any atom is 0.0851 e. The first kappa shape index (κ1) is 64.2. The number of hydrogen-bond acceptors (Lipinski definition) is 15. The summed E-state index contributed by atoms with van der Waals surface area (Å²) in [6.45, 7) is 15.7. The molecule has 0 saturated heterocycles. The van der Waals surface area contributed by atoms with E-state index in [0.29, 0.717) is 54.1 Å². The van der Waals surface area contributed by atoms with Crippen LogP contribution in [0.3, 0.4) is 0 Å². The summed E-state index contributed by atoms with van der Waals surface area (Å²) in [4.78, 5) is 0. The minimum Gasteiger partial charge on any atom is -0.356 e. The van der Waals surface area contributed by atoms with E-state index in [4.69, 9.17) is 27.7 Å². The zero-order chi connectivity index (χ0) is 64.7. The first-order chi connectivity index (χ1) is 44.9. The number of rotatable bonds is 29. The molecule has 15 nitrogen and oxygen atoms in total. The lowest BCUT2D eigenvalue weighted by Gasteiger charge is -2.24. The molecule has 10 rings (SSSR count). The Labute approximate surface area is 540 Å². The lowest BCUT2D eigenvalue weighted by molar-refractivity contribution is 0.954. The van der Waals surface area contributed by atoms with E-state index in [1.807, 2.05) is 121 Å². The molecule has 0 atom stereocenters. The predicted octanol–water partition coefficient (Wildman–Crippen LogP) is 23.8. The van der Waals surface area contributed by atoms with Crippen molar-refractivity contribution in [3.8, 4) is 0 Å². The topological polar surface area (TPSA) is 241 Å². The highest BCUT2D eigenvalue weighted by Crippen LogP contribution is 2.38. The Morgan fingerprint density at radius 1 is 0.228 bits per heavy atom. The van der Waals surface area contributed by atoms with Gasteiger partial charge >= 0.3 is 0 Å². The summed E-state index contributed by atoms with van der Waals surface area (Å²) in [7, 11) is 0. The number of nitrogens with zero attached hydrogens (tertiary/aromatic N) is 5. The van der Waals surface area contributed by atoms with E-state index in [9.17, 15) is 0 Å². The third kappa shape index (κ3) is 15.4. The Hall–Kier alpha value is -10.8. The van der Waals surface area contributed by atoms with Crippen LogP contribution in [0.15, 0.2) is 208 Å². The van der Waals surface area contributed by atoms with Crippen molar-refractivity contribution in [1.29, 1.82) is 27.7 Å². The molecule has 0 saturated carbocycles. The normalized spacial score (nSPS) is 11.0. The smallest absolute Gasteiger partial charge is 0.0851 e. The van der Waals surface area contributed by atoms with Gasteiger partial charge in [0.05, 0.1) is 28.4 Å². The molecule has 10 aromatic rings. The van der Waals surface area contributed by atoms with Crippen molar-refractivity contribution in [1.82, 2.24) is 0 Å². The highest BCUT2D eigenvalue weighted by molar-refractivity contribution is 5.72. The van der Waals surface area contributed by atoms with Crippen molar-refractivity contribution in [2.45, 2.75) is 113 Å². The van der Waals surface area contributed by atoms with E-state index in [-0.39, 0.29) is 0 Å². The molecule has 0 aliphatic rings. The average Bonchev–Trinajstić information content (AvgIpc) is 0.843. The van der Waals surface area contributed by atoms with Crippen molar-refractivity contribution >= 4 is 85.3 Å². The van der Waals surface area contributed by atoms with Gasteiger partial charge in [0.1, 0.15) is 0 Å². The maximum absolute atomic E-state index is 7.71. The average molecular weight is 1220 g/mol. The largest absolute Gasteiger partial charge is 0.356 e. The maximum atomic E-state index is 7.71. The second-order valence-electron chi connectivity index (χ2n) is 23.3. The molecule has 0 unspecified atom stereocenters. The van der Waals surface area contributed by atoms with Crippen LogP contribution < -0.4 is 26.6 Å². The molecule has 0 spiro atoms. The fraction of sp³-hybridized carbons (Fsp3) is 0.221. The minimum atomic E-state index is 0.583. The molecule has 0 fully saturated rings. The summed E-state index contributed by atoms with van der Waals surface area (Å²) in [5.41, 5.74) is 69.6. The summed E-state index contributed by atoms with van der Waals surface area (Å²) in [5.74, 6) is 0. The molecule has 0 aliphatic carbocycles. The van der Waals surface area contributed by atoms with Crippen LogP contribution in [0.1, 0.15) is 125 Å². The van der Waals surface area contributed by atoms with Gasteiger partial charge < -0.3 is 26.6 Å². The molecule has 0 radical (unpaired) electrons. The fourth-order valence-corrected chi connectivity index (χ4v) is 13.1. The van der Waals surface area contributed by atoms with Gasteiger partial charge in [0, 0.05) is 56.9 Å². The first-order valence-corrected chi connectivity index (χ1v) is 31.8. The second-order valence-corrected chi connectivity index (χ2v) is 23.3. The van der Waals surface area contributed by atoms with E-state index >= 15 is 0 Å². The zero-order valence-electron chi connectivity index (χ0n) is 53.6. The van der Waals surface area contributed by atoms with E-state index < -0.39 is 0 Å². The first-order valence-electron chi connectivity index (χ1n) is 31.8. The number of aryl methyl sites for hydroxylation is 2. The van der Waals surface area contributed by atoms with E-state index in [2.05, 4.69) is 161 Å². The third-order valence-corrected chi connectivity index (χ3v) is 17.4. The number of anilines is 10. The van der Waals surface area contributed by atoms with Gasteiger partial charge in [0.25, 0.3) is 0 Å². The SMILES string of the molecule is CCc1cc(Nc2ccc(N=N)cc2)cc(Cc2cc(Nc3ccc(N=N)cc3)cc(Cc3cc(Nc4ccc(N=N)cc4)cc(Cc4cc(Nc5ccc(N=N)cc5)cc(Cc5cc(Nc6ccc(N=N)cc6)cc(C)c5CC)c4CC)c3CC)c2CC)c1CC. The van der Waals surface area contributed by atoms with Crippen LogP contribution in [0.2, 0.25) is 0 Å². The van der Waals surface area contributed by atoms with Crippen LogP contribution in [0.5, 0.6) is 0 Å². The molecule has 10 aromatic carbocycles. The van der Waals surface area contributed by atoms with Crippen molar-refractivity contribution in [2.75, 3.05) is 26.6 Å². The third-order valence-electron chi connectivity index (χ3n) is 17.4. The molecular formula is C77H81N15. The highest BCUT2D eigenvalue weighted by Gasteiger charge is 2.21. The lowest BCUT2D eigenvalue weighted by Crippen LogP contribution is -2.10. The van der Waals surface area contributed by atoms with Crippen LogP contribution in [0, 0.1) is 34.6 Å². The molecule has 464 valence electrons. The molecule has 0 aromatic heterocycles. The van der Waals surface area contributed by atoms with Crippen LogP contribution in [0.4, 0.5) is 85.3 Å². The van der Waals surface area contributed by atoms with E-state index in [1.165, 1.54) is 83.5 Å². The summed E-state index contributed by atoms with van der Waals surface area (Å²) in [6, 6.07) is 61.4. The molecular weight excluding hydrogens is 1130 g/mol. The van der Waals surface area contributed by atoms with E-state index in [0.717, 1.165) is 95.4 Å². The molecule has 0 bridgehead atoms. The van der Waals surface area contributed by atoms with Crippen molar-refractivity contribution in [2.24, 2.45) is 25.6 Å². The van der Waals surface area contributed by atoms with Gasteiger partial charge in [0.2, 0.25) is 0 Å². The summed E-state index contributed by atoms with van der Waals surface area (Å²) in [5, 5.41) is 37.0. The van der Waals surface area contributed by atoms with Gasteiger partial charge in [-0.05, 0) is 337 Å². The Bertz CT molecular complexity index is 4290. The van der Waals surface area contributed by atoms with Gasteiger partial charge in [-0.3, -0.25) is 0 Å². The Kier molecular flexibility index (Phi) is 21.0. The van der Waals surface area contributed by atoms with Crippen molar-refractivity contribution in [3.05, 3.63) is 265 Å². The standard InChI is InChI=1S/C77H81N15/c1-8-49-39-69(84-59-16-26-64(89-79)27-17-59)41-51(74(49)10-3)36-53-43-71(86-61-20-30-66(91-81)31-21-61)45-55(76(53)12-5)38-57-47-72(87-62-22-32-67(92-82)33-23-62)46-56(77(57)13-6)37-54-44-70(85-60-18-28-65(90-80)29-19-60)42-52(75(54)11-4)35-50-40-68(34-48(7)73(50)9-2)83-58-14-24-63(88-78)25-15-58/h14-34,39-47,78-87H,8-13,35-38H2,1-7H3. The number of hydrogen-bond donors (Lipinski definition) is 10. The highest BCUT2D eigenvalue weighted by atomic mass is 15.0. The number of nitrogens with one attached hydrogen (secondary N) is 10. The minimum absolute atomic E-state index is 0.583. The lowest BCUT2D eigenvalue weighted by atomic mass is 9.84. The van der Waals surface area contributed by atoms with Gasteiger partial charge in [0.15, 0.2) is 0 Å². The summed E-state index contributed by atoms with van der Waals surface area (Å²) >= 11 is 0. The number of benzene rings is 10. The second kappa shape index (κ2) is 30.1. The quantitative estimate of drug-likeness (QED) is 0.0205. The van der Waals surface area contributed by atoms with Crippen molar-refractivity contribution < 1.29 is 0 Å².